The number of halogens is 1. The molecular weight excluding hydrogens is 224 g/mol. The molecule has 0 amide bonds. The molecule has 0 saturated heterocycles. The van der Waals surface area contributed by atoms with Gasteiger partial charge in [0.2, 0.25) is 0 Å². The molecule has 0 spiro atoms. The minimum absolute atomic E-state index is 0.205. The molecule has 1 rings (SSSR count). The summed E-state index contributed by atoms with van der Waals surface area (Å²) >= 11 is 5.82. The first-order valence-electron chi connectivity index (χ1n) is 5.58. The van der Waals surface area contributed by atoms with Crippen LogP contribution in [0.1, 0.15) is 32.9 Å². The van der Waals surface area contributed by atoms with Crippen LogP contribution in [-0.4, -0.2) is 26.9 Å². The number of hydrogen-bond donors (Lipinski definition) is 1. The lowest BCUT2D eigenvalue weighted by molar-refractivity contribution is 0.260. The van der Waals surface area contributed by atoms with Gasteiger partial charge < -0.3 is 5.32 Å². The van der Waals surface area contributed by atoms with Crippen molar-refractivity contribution in [2.75, 3.05) is 5.88 Å². The largest absolute Gasteiger partial charge is 0.308 e. The number of rotatable bonds is 5. The summed E-state index contributed by atoms with van der Waals surface area (Å²) in [7, 11) is 1.87. The maximum absolute atomic E-state index is 5.82. The Morgan fingerprint density at radius 2 is 2.19 bits per heavy atom. The molecule has 92 valence electrons. The second-order valence-electron chi connectivity index (χ2n) is 5.16. The Labute approximate surface area is 102 Å². The summed E-state index contributed by atoms with van der Waals surface area (Å²) in [5, 5.41) is 11.4. The van der Waals surface area contributed by atoms with Gasteiger partial charge >= 0.3 is 0 Å². The molecule has 1 atom stereocenters. The molecule has 0 saturated carbocycles. The number of aromatic nitrogens is 3. The molecule has 16 heavy (non-hydrogen) atoms. The summed E-state index contributed by atoms with van der Waals surface area (Å²) in [6.45, 7) is 7.39. The fourth-order valence-electron chi connectivity index (χ4n) is 1.65. The maximum atomic E-state index is 5.82. The van der Waals surface area contributed by atoms with E-state index in [1.165, 1.54) is 0 Å². The number of nitrogens with zero attached hydrogens (tertiary/aromatic N) is 3. The number of aryl methyl sites for hydroxylation is 1. The first-order valence-corrected chi connectivity index (χ1v) is 6.11. The van der Waals surface area contributed by atoms with Crippen LogP contribution in [0.2, 0.25) is 0 Å². The van der Waals surface area contributed by atoms with Crippen molar-refractivity contribution >= 4 is 11.6 Å². The van der Waals surface area contributed by atoms with Gasteiger partial charge in [0.25, 0.3) is 0 Å². The molecule has 5 heteroatoms. The third-order valence-electron chi connectivity index (χ3n) is 2.62. The van der Waals surface area contributed by atoms with Crippen LogP contribution < -0.4 is 5.32 Å². The fraction of sp³-hybridized carbons (Fsp3) is 0.818. The van der Waals surface area contributed by atoms with E-state index in [0.717, 1.165) is 18.7 Å². The predicted molar refractivity (Wildman–Crippen MR) is 66.4 cm³/mol. The molecule has 0 aromatic carbocycles. The summed E-state index contributed by atoms with van der Waals surface area (Å²) in [6, 6.07) is 0.395. The standard InChI is InChI=1S/C11H21ClN4/c1-11(2,3)10(5-6-12)13-7-9-8-16(4)15-14-9/h8,10,13H,5-7H2,1-4H3. The van der Waals surface area contributed by atoms with E-state index in [0.29, 0.717) is 11.9 Å². The molecule has 0 fully saturated rings. The van der Waals surface area contributed by atoms with Crippen LogP contribution in [0.5, 0.6) is 0 Å². The van der Waals surface area contributed by atoms with E-state index in [9.17, 15) is 0 Å². The lowest BCUT2D eigenvalue weighted by atomic mass is 9.85. The molecule has 1 aromatic heterocycles. The molecule has 0 aliphatic carbocycles. The molecule has 0 radical (unpaired) electrons. The minimum Gasteiger partial charge on any atom is -0.308 e. The van der Waals surface area contributed by atoms with Crippen molar-refractivity contribution in [2.24, 2.45) is 12.5 Å². The predicted octanol–water partition coefficient (Wildman–Crippen LogP) is 1.95. The zero-order chi connectivity index (χ0) is 12.2. The minimum atomic E-state index is 0.205. The molecule has 4 nitrogen and oxygen atoms in total. The highest BCUT2D eigenvalue weighted by Crippen LogP contribution is 2.22. The van der Waals surface area contributed by atoms with E-state index in [1.54, 1.807) is 4.68 Å². The Morgan fingerprint density at radius 3 is 2.62 bits per heavy atom. The maximum Gasteiger partial charge on any atom is 0.0964 e. The Morgan fingerprint density at radius 1 is 1.50 bits per heavy atom. The first kappa shape index (κ1) is 13.5. The molecular formula is C11H21ClN4. The van der Waals surface area contributed by atoms with Gasteiger partial charge in [-0.3, -0.25) is 4.68 Å². The van der Waals surface area contributed by atoms with Crippen molar-refractivity contribution in [3.05, 3.63) is 11.9 Å². The van der Waals surface area contributed by atoms with Crippen LogP contribution >= 0.6 is 11.6 Å². The van der Waals surface area contributed by atoms with Crippen LogP contribution in [0.3, 0.4) is 0 Å². The fourth-order valence-corrected chi connectivity index (χ4v) is 1.87. The van der Waals surface area contributed by atoms with Crippen molar-refractivity contribution in [1.82, 2.24) is 20.3 Å². The van der Waals surface area contributed by atoms with E-state index >= 15 is 0 Å². The van der Waals surface area contributed by atoms with Gasteiger partial charge in [-0.05, 0) is 11.8 Å². The van der Waals surface area contributed by atoms with Gasteiger partial charge in [0, 0.05) is 31.7 Å². The lowest BCUT2D eigenvalue weighted by Crippen LogP contribution is -2.40. The smallest absolute Gasteiger partial charge is 0.0964 e. The molecule has 1 N–H and O–H groups in total. The molecule has 0 aliphatic rings. The van der Waals surface area contributed by atoms with E-state index in [-0.39, 0.29) is 5.41 Å². The summed E-state index contributed by atoms with van der Waals surface area (Å²) in [6.07, 6.45) is 2.89. The normalized spacial score (nSPS) is 14.1. The van der Waals surface area contributed by atoms with Crippen molar-refractivity contribution in [3.63, 3.8) is 0 Å². The number of hydrogen-bond acceptors (Lipinski definition) is 3. The molecule has 0 bridgehead atoms. The second kappa shape index (κ2) is 5.64. The highest BCUT2D eigenvalue weighted by molar-refractivity contribution is 6.17. The van der Waals surface area contributed by atoms with Gasteiger partial charge in [-0.15, -0.1) is 16.7 Å². The van der Waals surface area contributed by atoms with E-state index in [2.05, 4.69) is 36.4 Å². The Balaban J connectivity index is 2.50. The topological polar surface area (TPSA) is 42.7 Å². The molecule has 1 unspecified atom stereocenters. The summed E-state index contributed by atoms with van der Waals surface area (Å²) in [5.74, 6) is 0.676. The van der Waals surface area contributed by atoms with Crippen LogP contribution in [0.25, 0.3) is 0 Å². The van der Waals surface area contributed by atoms with Crippen molar-refractivity contribution in [3.8, 4) is 0 Å². The van der Waals surface area contributed by atoms with Gasteiger partial charge in [0.05, 0.1) is 5.69 Å². The average molecular weight is 245 g/mol. The highest BCUT2D eigenvalue weighted by atomic mass is 35.5. The summed E-state index contributed by atoms with van der Waals surface area (Å²) in [5.41, 5.74) is 1.17. The third kappa shape index (κ3) is 4.10. The molecule has 0 aliphatic heterocycles. The van der Waals surface area contributed by atoms with Crippen molar-refractivity contribution in [2.45, 2.75) is 39.8 Å². The van der Waals surface area contributed by atoms with Gasteiger partial charge in [0.1, 0.15) is 0 Å². The van der Waals surface area contributed by atoms with E-state index < -0.39 is 0 Å². The highest BCUT2D eigenvalue weighted by Gasteiger charge is 2.23. The van der Waals surface area contributed by atoms with Gasteiger partial charge in [-0.1, -0.05) is 26.0 Å². The van der Waals surface area contributed by atoms with Crippen LogP contribution in [0.4, 0.5) is 0 Å². The van der Waals surface area contributed by atoms with Gasteiger partial charge in [0.15, 0.2) is 0 Å². The molecule has 1 heterocycles. The zero-order valence-electron chi connectivity index (χ0n) is 10.5. The Hall–Kier alpha value is -0.610. The lowest BCUT2D eigenvalue weighted by Gasteiger charge is -2.31. The number of nitrogens with one attached hydrogen (secondary N) is 1. The average Bonchev–Trinajstić information content (AvgIpc) is 2.57. The quantitative estimate of drug-likeness (QED) is 0.806. The monoisotopic (exact) mass is 244 g/mol. The van der Waals surface area contributed by atoms with Crippen molar-refractivity contribution in [1.29, 1.82) is 0 Å². The summed E-state index contributed by atoms with van der Waals surface area (Å²) < 4.78 is 1.71. The Bertz CT molecular complexity index is 316. The Kier molecular flexibility index (Phi) is 4.74. The SMILES string of the molecule is Cn1cc(CNC(CCCl)C(C)(C)C)nn1. The van der Waals surface area contributed by atoms with Crippen LogP contribution in [0.15, 0.2) is 6.20 Å². The van der Waals surface area contributed by atoms with E-state index in [1.807, 2.05) is 13.2 Å². The number of alkyl halides is 1. The third-order valence-corrected chi connectivity index (χ3v) is 2.84. The van der Waals surface area contributed by atoms with Gasteiger partial charge in [-0.2, -0.15) is 0 Å². The second-order valence-corrected chi connectivity index (χ2v) is 5.54. The first-order chi connectivity index (χ1) is 7.43. The van der Waals surface area contributed by atoms with Crippen molar-refractivity contribution < 1.29 is 0 Å². The van der Waals surface area contributed by atoms with Gasteiger partial charge in [-0.25, -0.2) is 0 Å². The molecule has 1 aromatic rings. The van der Waals surface area contributed by atoms with E-state index in [4.69, 9.17) is 11.6 Å². The van der Waals surface area contributed by atoms with Crippen LogP contribution in [-0.2, 0) is 13.6 Å². The zero-order valence-corrected chi connectivity index (χ0v) is 11.3. The van der Waals surface area contributed by atoms with Crippen LogP contribution in [0, 0.1) is 5.41 Å². The summed E-state index contributed by atoms with van der Waals surface area (Å²) in [4.78, 5) is 0.